The first-order valence-electron chi connectivity index (χ1n) is 14.2. The molecule has 0 heterocycles. The van der Waals surface area contributed by atoms with Gasteiger partial charge in [0.25, 0.3) is 0 Å². The Morgan fingerprint density at radius 3 is 1.73 bits per heavy atom. The summed E-state index contributed by atoms with van der Waals surface area (Å²) in [5, 5.41) is 0. The second-order valence-corrected chi connectivity index (χ2v) is 10.5. The number of aryl methyl sites for hydroxylation is 1. The van der Waals surface area contributed by atoms with Crippen molar-refractivity contribution in [3.63, 3.8) is 0 Å². The molecule has 0 aliphatic carbocycles. The highest BCUT2D eigenvalue weighted by atomic mass is 19.3. The van der Waals surface area contributed by atoms with Crippen molar-refractivity contribution < 1.29 is 39.9 Å². The van der Waals surface area contributed by atoms with Crippen LogP contribution in [0.25, 0.3) is 33.4 Å². The summed E-state index contributed by atoms with van der Waals surface area (Å²) in [5.41, 5.74) is 0.194. The van der Waals surface area contributed by atoms with Gasteiger partial charge in [0.05, 0.1) is 0 Å². The standard InChI is InChI=1S/C36H26F8O/c1-2-3-4-5-21-6-8-23(9-7-21)28-16-17-29(34(41)33(28)40)36(43,44)45-26-13-10-22(11-14-26)24-12-15-27(30(37)18-24)25-19-31(38)35(42)32(39)20-25/h6-20H,2-5H2,1H3. The summed E-state index contributed by atoms with van der Waals surface area (Å²) in [6.07, 6.45) is -0.240. The molecule has 0 radical (unpaired) electrons. The van der Waals surface area contributed by atoms with Crippen LogP contribution in [0, 0.1) is 34.9 Å². The van der Waals surface area contributed by atoms with Crippen molar-refractivity contribution in [3.05, 3.63) is 137 Å². The SMILES string of the molecule is CCCCCc1ccc(-c2ccc(C(F)(F)Oc3ccc(-c4ccc(-c5cc(F)c(F)c(F)c5)c(F)c4)cc3)c(F)c2F)cc1. The molecule has 232 valence electrons. The molecule has 0 aliphatic heterocycles. The fourth-order valence-corrected chi connectivity index (χ4v) is 4.99. The molecule has 0 unspecified atom stereocenters. The van der Waals surface area contributed by atoms with E-state index < -0.39 is 46.6 Å². The number of ether oxygens (including phenoxy) is 1. The van der Waals surface area contributed by atoms with Crippen LogP contribution in [0.2, 0.25) is 0 Å². The zero-order valence-electron chi connectivity index (χ0n) is 23.9. The van der Waals surface area contributed by atoms with Crippen LogP contribution in [0.15, 0.2) is 91.0 Å². The van der Waals surface area contributed by atoms with Crippen LogP contribution in [0.5, 0.6) is 5.75 Å². The van der Waals surface area contributed by atoms with Crippen molar-refractivity contribution in [1.29, 1.82) is 0 Å². The predicted octanol–water partition coefficient (Wildman–Crippen LogP) is 11.4. The Balaban J connectivity index is 1.31. The lowest BCUT2D eigenvalue weighted by atomic mass is 9.99. The zero-order chi connectivity index (χ0) is 32.3. The molecule has 0 fully saturated rings. The molecule has 9 heteroatoms. The van der Waals surface area contributed by atoms with Gasteiger partial charge in [-0.1, -0.05) is 74.4 Å². The Morgan fingerprint density at radius 1 is 0.533 bits per heavy atom. The average molecular weight is 627 g/mol. The van der Waals surface area contributed by atoms with E-state index in [0.29, 0.717) is 23.3 Å². The van der Waals surface area contributed by atoms with Gasteiger partial charge >= 0.3 is 6.11 Å². The molecule has 0 saturated carbocycles. The minimum absolute atomic E-state index is 0.163. The maximum atomic E-state index is 15.0. The maximum Gasteiger partial charge on any atom is 0.429 e. The van der Waals surface area contributed by atoms with Gasteiger partial charge in [0.1, 0.15) is 17.1 Å². The molecule has 0 saturated heterocycles. The van der Waals surface area contributed by atoms with E-state index in [-0.39, 0.29) is 28.0 Å². The van der Waals surface area contributed by atoms with Crippen LogP contribution in [0.3, 0.4) is 0 Å². The first kappa shape index (κ1) is 31.8. The highest BCUT2D eigenvalue weighted by Crippen LogP contribution is 2.38. The van der Waals surface area contributed by atoms with Gasteiger partial charge < -0.3 is 4.74 Å². The predicted molar refractivity (Wildman–Crippen MR) is 157 cm³/mol. The van der Waals surface area contributed by atoms with Crippen LogP contribution >= 0.6 is 0 Å². The first-order valence-corrected chi connectivity index (χ1v) is 14.2. The van der Waals surface area contributed by atoms with E-state index in [1.807, 2.05) is 0 Å². The van der Waals surface area contributed by atoms with Crippen molar-refractivity contribution in [2.75, 3.05) is 0 Å². The van der Waals surface area contributed by atoms with Crippen LogP contribution in [0.1, 0.15) is 37.3 Å². The summed E-state index contributed by atoms with van der Waals surface area (Å²) in [5.74, 6) is -9.02. The smallest absolute Gasteiger partial charge is 0.429 e. The lowest BCUT2D eigenvalue weighted by Crippen LogP contribution is -2.24. The van der Waals surface area contributed by atoms with Crippen molar-refractivity contribution in [1.82, 2.24) is 0 Å². The molecule has 0 bridgehead atoms. The molecule has 5 rings (SSSR count). The van der Waals surface area contributed by atoms with Crippen LogP contribution in [-0.4, -0.2) is 0 Å². The topological polar surface area (TPSA) is 9.23 Å². The van der Waals surface area contributed by atoms with Gasteiger partial charge in [-0.25, -0.2) is 26.3 Å². The molecule has 5 aromatic rings. The normalized spacial score (nSPS) is 11.6. The van der Waals surface area contributed by atoms with Gasteiger partial charge in [0.15, 0.2) is 29.1 Å². The van der Waals surface area contributed by atoms with Crippen LogP contribution in [0.4, 0.5) is 35.1 Å². The van der Waals surface area contributed by atoms with E-state index in [0.717, 1.165) is 61.6 Å². The second kappa shape index (κ2) is 13.1. The maximum absolute atomic E-state index is 15.0. The summed E-state index contributed by atoms with van der Waals surface area (Å²) < 4.78 is 120. The summed E-state index contributed by atoms with van der Waals surface area (Å²) in [4.78, 5) is 0. The van der Waals surface area contributed by atoms with Crippen molar-refractivity contribution in [2.24, 2.45) is 0 Å². The molecule has 0 aromatic heterocycles. The van der Waals surface area contributed by atoms with Gasteiger partial charge in [0, 0.05) is 11.1 Å². The van der Waals surface area contributed by atoms with Gasteiger partial charge in [-0.3, -0.25) is 0 Å². The lowest BCUT2D eigenvalue weighted by molar-refractivity contribution is -0.187. The monoisotopic (exact) mass is 626 g/mol. The van der Waals surface area contributed by atoms with Gasteiger partial charge in [-0.2, -0.15) is 8.78 Å². The number of unbranched alkanes of at least 4 members (excludes halogenated alkanes) is 2. The Morgan fingerprint density at radius 2 is 1.11 bits per heavy atom. The summed E-state index contributed by atoms with van der Waals surface area (Å²) in [6, 6.07) is 18.7. The van der Waals surface area contributed by atoms with E-state index in [9.17, 15) is 26.3 Å². The molecule has 0 N–H and O–H groups in total. The molecule has 0 atom stereocenters. The van der Waals surface area contributed by atoms with Crippen LogP contribution < -0.4 is 4.74 Å². The Labute approximate surface area is 254 Å². The molecular formula is C36H26F8O. The van der Waals surface area contributed by atoms with E-state index in [1.54, 1.807) is 24.3 Å². The Bertz CT molecular complexity index is 1790. The van der Waals surface area contributed by atoms with Gasteiger partial charge in [-0.05, 0) is 77.1 Å². The minimum Gasteiger partial charge on any atom is -0.429 e. The number of hydrogen-bond acceptors (Lipinski definition) is 1. The zero-order valence-corrected chi connectivity index (χ0v) is 23.9. The van der Waals surface area contributed by atoms with E-state index in [1.165, 1.54) is 24.3 Å². The molecule has 45 heavy (non-hydrogen) atoms. The molecule has 0 aliphatic rings. The molecule has 0 spiro atoms. The highest BCUT2D eigenvalue weighted by Gasteiger charge is 2.39. The third kappa shape index (κ3) is 6.87. The van der Waals surface area contributed by atoms with Crippen molar-refractivity contribution in [3.8, 4) is 39.1 Å². The van der Waals surface area contributed by atoms with E-state index in [4.69, 9.17) is 4.74 Å². The molecular weight excluding hydrogens is 600 g/mol. The number of alkyl halides is 2. The molecule has 0 amide bonds. The number of halogens is 8. The third-order valence-electron chi connectivity index (χ3n) is 7.43. The first-order chi connectivity index (χ1) is 21.5. The van der Waals surface area contributed by atoms with Gasteiger partial charge in [-0.15, -0.1) is 0 Å². The Hall–Kier alpha value is -4.66. The van der Waals surface area contributed by atoms with Crippen molar-refractivity contribution in [2.45, 2.75) is 38.7 Å². The fourth-order valence-electron chi connectivity index (χ4n) is 4.99. The summed E-state index contributed by atoms with van der Waals surface area (Å²) in [6.45, 7) is 2.09. The summed E-state index contributed by atoms with van der Waals surface area (Å²) in [7, 11) is 0. The van der Waals surface area contributed by atoms with Crippen molar-refractivity contribution >= 4 is 0 Å². The molecule has 1 nitrogen and oxygen atoms in total. The minimum atomic E-state index is -4.23. The largest absolute Gasteiger partial charge is 0.429 e. The number of hydrogen-bond donors (Lipinski definition) is 0. The number of benzene rings is 5. The summed E-state index contributed by atoms with van der Waals surface area (Å²) >= 11 is 0. The van der Waals surface area contributed by atoms with Gasteiger partial charge in [0.2, 0.25) is 0 Å². The highest BCUT2D eigenvalue weighted by molar-refractivity contribution is 5.71. The van der Waals surface area contributed by atoms with E-state index >= 15 is 8.78 Å². The lowest BCUT2D eigenvalue weighted by Gasteiger charge is -2.20. The third-order valence-corrected chi connectivity index (χ3v) is 7.43. The quantitative estimate of drug-likeness (QED) is 0.0852. The van der Waals surface area contributed by atoms with E-state index in [2.05, 4.69) is 6.92 Å². The second-order valence-electron chi connectivity index (χ2n) is 10.5. The fraction of sp³-hybridized carbons (Fsp3) is 0.167. The van der Waals surface area contributed by atoms with Crippen LogP contribution in [-0.2, 0) is 12.5 Å². The molecule has 5 aromatic carbocycles. The number of rotatable bonds is 10. The Kier molecular flexibility index (Phi) is 9.27. The average Bonchev–Trinajstić information content (AvgIpc) is 3.01.